The quantitative estimate of drug-likeness (QED) is 0.667. The molecular formula is C18H21F3N6S. The number of rotatable bonds is 6. The average molecular weight is 410 g/mol. The Kier molecular flexibility index (Phi) is 5.49. The SMILES string of the molecule is FC(F)(F)CN1CCC(CCNc2ccc3nnc(-c4ccsc4)n3n2)CC1. The van der Waals surface area contributed by atoms with Crippen molar-refractivity contribution in [2.45, 2.75) is 25.4 Å². The van der Waals surface area contributed by atoms with Gasteiger partial charge in [0.15, 0.2) is 11.5 Å². The number of hydrogen-bond donors (Lipinski definition) is 1. The van der Waals surface area contributed by atoms with Gasteiger partial charge in [-0.1, -0.05) is 0 Å². The molecule has 4 heterocycles. The van der Waals surface area contributed by atoms with Gasteiger partial charge in [-0.3, -0.25) is 4.90 Å². The molecular weight excluding hydrogens is 389 g/mol. The van der Waals surface area contributed by atoms with Gasteiger partial charge < -0.3 is 5.32 Å². The van der Waals surface area contributed by atoms with Gasteiger partial charge in [-0.15, -0.1) is 15.3 Å². The molecule has 3 aromatic rings. The van der Waals surface area contributed by atoms with E-state index in [0.717, 1.165) is 37.2 Å². The van der Waals surface area contributed by atoms with Crippen LogP contribution in [0.5, 0.6) is 0 Å². The first-order valence-electron chi connectivity index (χ1n) is 9.26. The van der Waals surface area contributed by atoms with Gasteiger partial charge >= 0.3 is 6.18 Å². The third kappa shape index (κ3) is 4.61. The van der Waals surface area contributed by atoms with Crippen molar-refractivity contribution in [3.05, 3.63) is 29.0 Å². The van der Waals surface area contributed by atoms with E-state index in [9.17, 15) is 13.2 Å². The fraction of sp³-hybridized carbons (Fsp3) is 0.500. The number of nitrogens with one attached hydrogen (secondary N) is 1. The van der Waals surface area contributed by atoms with Gasteiger partial charge in [0, 0.05) is 17.5 Å². The molecule has 0 unspecified atom stereocenters. The molecule has 0 spiro atoms. The van der Waals surface area contributed by atoms with Crippen molar-refractivity contribution in [3.8, 4) is 11.4 Å². The highest BCUT2D eigenvalue weighted by Gasteiger charge is 2.32. The van der Waals surface area contributed by atoms with Crippen LogP contribution < -0.4 is 5.32 Å². The topological polar surface area (TPSA) is 58.3 Å². The summed E-state index contributed by atoms with van der Waals surface area (Å²) in [5.41, 5.74) is 1.66. The number of alkyl halides is 3. The number of aromatic nitrogens is 4. The van der Waals surface area contributed by atoms with Gasteiger partial charge in [0.1, 0.15) is 5.82 Å². The second-order valence-corrected chi connectivity index (χ2v) is 7.85. The first-order chi connectivity index (χ1) is 13.5. The summed E-state index contributed by atoms with van der Waals surface area (Å²) in [6.07, 6.45) is -1.59. The van der Waals surface area contributed by atoms with Crippen molar-refractivity contribution in [3.63, 3.8) is 0 Å². The predicted octanol–water partition coefficient (Wildman–Crippen LogP) is 3.93. The standard InChI is InChI=1S/C18H21F3N6S/c19-18(20,21)12-26-8-4-13(5-9-26)3-7-22-15-1-2-16-23-24-17(27(16)25-15)14-6-10-28-11-14/h1-2,6,10-11,13H,3-5,7-9,12H2,(H,22,25). The molecule has 150 valence electrons. The molecule has 1 aliphatic rings. The summed E-state index contributed by atoms with van der Waals surface area (Å²) >= 11 is 1.59. The fourth-order valence-electron chi connectivity index (χ4n) is 3.55. The Morgan fingerprint density at radius 2 is 1.96 bits per heavy atom. The molecule has 1 N–H and O–H groups in total. The van der Waals surface area contributed by atoms with Crippen LogP contribution in [-0.4, -0.2) is 57.1 Å². The molecule has 6 nitrogen and oxygen atoms in total. The molecule has 0 aromatic carbocycles. The maximum Gasteiger partial charge on any atom is 0.401 e. The van der Waals surface area contributed by atoms with E-state index in [1.165, 1.54) is 4.90 Å². The third-order valence-corrected chi connectivity index (χ3v) is 5.69. The summed E-state index contributed by atoms with van der Waals surface area (Å²) < 4.78 is 39.1. The minimum Gasteiger partial charge on any atom is -0.369 e. The minimum absolute atomic E-state index is 0.442. The van der Waals surface area contributed by atoms with Crippen molar-refractivity contribution < 1.29 is 13.2 Å². The van der Waals surface area contributed by atoms with Crippen LogP contribution >= 0.6 is 11.3 Å². The Morgan fingerprint density at radius 1 is 1.14 bits per heavy atom. The van der Waals surface area contributed by atoms with Crippen molar-refractivity contribution in [2.24, 2.45) is 5.92 Å². The van der Waals surface area contributed by atoms with Crippen molar-refractivity contribution in [1.29, 1.82) is 0 Å². The van der Waals surface area contributed by atoms with Gasteiger partial charge in [-0.25, -0.2) is 0 Å². The maximum absolute atomic E-state index is 12.5. The number of piperidine rings is 1. The molecule has 0 amide bonds. The van der Waals surface area contributed by atoms with Crippen LogP contribution in [0.15, 0.2) is 29.0 Å². The lowest BCUT2D eigenvalue weighted by atomic mass is 9.93. The summed E-state index contributed by atoms with van der Waals surface area (Å²) in [5.74, 6) is 1.88. The van der Waals surface area contributed by atoms with Gasteiger partial charge in [-0.2, -0.15) is 29.0 Å². The lowest BCUT2D eigenvalue weighted by molar-refractivity contribution is -0.148. The van der Waals surface area contributed by atoms with E-state index in [-0.39, 0.29) is 0 Å². The summed E-state index contributed by atoms with van der Waals surface area (Å²) in [6, 6.07) is 5.72. The Balaban J connectivity index is 1.30. The van der Waals surface area contributed by atoms with Crippen LogP contribution in [0.4, 0.5) is 19.0 Å². The predicted molar refractivity (Wildman–Crippen MR) is 102 cm³/mol. The number of likely N-dealkylation sites (tertiary alicyclic amines) is 1. The molecule has 1 fully saturated rings. The molecule has 10 heteroatoms. The highest BCUT2D eigenvalue weighted by atomic mass is 32.1. The minimum atomic E-state index is -4.11. The maximum atomic E-state index is 12.5. The van der Waals surface area contributed by atoms with Crippen LogP contribution in [0.3, 0.4) is 0 Å². The van der Waals surface area contributed by atoms with Gasteiger partial charge in [0.25, 0.3) is 0 Å². The largest absolute Gasteiger partial charge is 0.401 e. The molecule has 0 radical (unpaired) electrons. The normalized spacial score (nSPS) is 16.7. The highest BCUT2D eigenvalue weighted by molar-refractivity contribution is 7.08. The van der Waals surface area contributed by atoms with E-state index < -0.39 is 12.7 Å². The first kappa shape index (κ1) is 19.1. The molecule has 4 rings (SSSR count). The van der Waals surface area contributed by atoms with Crippen LogP contribution in [0.1, 0.15) is 19.3 Å². The number of nitrogens with zero attached hydrogens (tertiary/aromatic N) is 5. The van der Waals surface area contributed by atoms with Gasteiger partial charge in [-0.05, 0) is 61.8 Å². The van der Waals surface area contributed by atoms with Crippen molar-refractivity contribution >= 4 is 22.8 Å². The van der Waals surface area contributed by atoms with Crippen molar-refractivity contribution in [1.82, 2.24) is 24.7 Å². The number of halogens is 3. The number of thiophene rings is 1. The van der Waals surface area contributed by atoms with E-state index in [2.05, 4.69) is 20.6 Å². The lowest BCUT2D eigenvalue weighted by Gasteiger charge is -2.32. The van der Waals surface area contributed by atoms with Crippen LogP contribution in [0, 0.1) is 5.92 Å². The summed E-state index contributed by atoms with van der Waals surface area (Å²) in [5, 5.41) is 20.2. The van der Waals surface area contributed by atoms with E-state index >= 15 is 0 Å². The molecule has 1 aliphatic heterocycles. The second-order valence-electron chi connectivity index (χ2n) is 7.07. The Morgan fingerprint density at radius 3 is 2.68 bits per heavy atom. The molecule has 0 aliphatic carbocycles. The zero-order valence-electron chi connectivity index (χ0n) is 15.2. The summed E-state index contributed by atoms with van der Waals surface area (Å²) in [6.45, 7) is 0.962. The van der Waals surface area contributed by atoms with E-state index in [1.54, 1.807) is 15.9 Å². The monoisotopic (exact) mass is 410 g/mol. The zero-order valence-corrected chi connectivity index (χ0v) is 16.0. The first-order valence-corrected chi connectivity index (χ1v) is 10.2. The zero-order chi connectivity index (χ0) is 19.6. The fourth-order valence-corrected chi connectivity index (χ4v) is 4.18. The molecule has 28 heavy (non-hydrogen) atoms. The van der Waals surface area contributed by atoms with Gasteiger partial charge in [0.05, 0.1) is 6.54 Å². The molecule has 3 aromatic heterocycles. The summed E-state index contributed by atoms with van der Waals surface area (Å²) in [7, 11) is 0. The molecule has 0 atom stereocenters. The number of anilines is 1. The number of fused-ring (bicyclic) bond motifs is 1. The lowest BCUT2D eigenvalue weighted by Crippen LogP contribution is -2.40. The Bertz CT molecular complexity index is 900. The van der Waals surface area contributed by atoms with E-state index in [4.69, 9.17) is 0 Å². The Labute approximate surface area is 164 Å². The highest BCUT2D eigenvalue weighted by Crippen LogP contribution is 2.25. The van der Waals surface area contributed by atoms with Crippen LogP contribution in [0.25, 0.3) is 17.0 Å². The molecule has 0 bridgehead atoms. The smallest absolute Gasteiger partial charge is 0.369 e. The second kappa shape index (κ2) is 8.04. The van der Waals surface area contributed by atoms with E-state index in [0.29, 0.717) is 30.5 Å². The van der Waals surface area contributed by atoms with E-state index in [1.807, 2.05) is 29.0 Å². The Hall–Kier alpha value is -2.20. The van der Waals surface area contributed by atoms with Crippen LogP contribution in [0.2, 0.25) is 0 Å². The van der Waals surface area contributed by atoms with Gasteiger partial charge in [0.2, 0.25) is 0 Å². The third-order valence-electron chi connectivity index (χ3n) is 5.01. The van der Waals surface area contributed by atoms with Crippen LogP contribution in [-0.2, 0) is 0 Å². The molecule has 1 saturated heterocycles. The summed E-state index contributed by atoms with van der Waals surface area (Å²) in [4.78, 5) is 1.50. The molecule has 0 saturated carbocycles. The number of hydrogen-bond acceptors (Lipinski definition) is 6. The average Bonchev–Trinajstić information content (AvgIpc) is 3.31. The van der Waals surface area contributed by atoms with Crippen molar-refractivity contribution in [2.75, 3.05) is 31.5 Å².